The number of hydrogen-bond acceptors (Lipinski definition) is 4. The quantitative estimate of drug-likeness (QED) is 0.611. The highest BCUT2D eigenvalue weighted by Gasteiger charge is 2.20. The van der Waals surface area contributed by atoms with Crippen LogP contribution in [0.3, 0.4) is 0 Å². The minimum absolute atomic E-state index is 0.518. The Bertz CT molecular complexity index is 756. The highest BCUT2D eigenvalue weighted by molar-refractivity contribution is 9.10. The molecule has 5 nitrogen and oxygen atoms in total. The van der Waals surface area contributed by atoms with E-state index >= 15 is 0 Å². The van der Waals surface area contributed by atoms with Crippen molar-refractivity contribution in [3.05, 3.63) is 47.0 Å². The maximum absolute atomic E-state index is 4.83. The molecular weight excluding hydrogens is 354 g/mol. The lowest BCUT2D eigenvalue weighted by Gasteiger charge is -2.22. The lowest BCUT2D eigenvalue weighted by molar-refractivity contribution is 0.437. The van der Waals surface area contributed by atoms with Crippen molar-refractivity contribution in [2.75, 3.05) is 5.32 Å². The van der Waals surface area contributed by atoms with Gasteiger partial charge < -0.3 is 5.32 Å². The molecule has 2 heterocycles. The number of allylic oxidation sites excluding steroid dienone is 1. The van der Waals surface area contributed by atoms with Gasteiger partial charge in [0.1, 0.15) is 5.82 Å². The predicted molar refractivity (Wildman–Crippen MR) is 98.0 cm³/mol. The summed E-state index contributed by atoms with van der Waals surface area (Å²) in [5.74, 6) is 1.38. The van der Waals surface area contributed by atoms with Crippen molar-refractivity contribution in [1.82, 2.24) is 14.6 Å². The molecule has 2 aromatic heterocycles. The number of nitrogens with zero attached hydrogens (tertiary/aromatic N) is 4. The van der Waals surface area contributed by atoms with Gasteiger partial charge in [0.15, 0.2) is 5.65 Å². The van der Waals surface area contributed by atoms with Crippen molar-refractivity contribution < 1.29 is 0 Å². The summed E-state index contributed by atoms with van der Waals surface area (Å²) in [5, 5.41) is 7.70. The summed E-state index contributed by atoms with van der Waals surface area (Å²) in [6, 6.07) is 2.09. The number of hydrogen-bond donors (Lipinski definition) is 1. The van der Waals surface area contributed by atoms with Crippen LogP contribution in [0, 0.1) is 0 Å². The highest BCUT2D eigenvalue weighted by atomic mass is 79.9. The van der Waals surface area contributed by atoms with Gasteiger partial charge in [0.25, 0.3) is 0 Å². The second kappa shape index (κ2) is 7.08. The van der Waals surface area contributed by atoms with Gasteiger partial charge in [0, 0.05) is 23.9 Å². The topological polar surface area (TPSA) is 54.6 Å². The third kappa shape index (κ3) is 3.37. The Balaban J connectivity index is 2.05. The molecule has 23 heavy (non-hydrogen) atoms. The number of aromatic nitrogens is 3. The molecule has 1 aliphatic rings. The molecule has 0 saturated heterocycles. The molecule has 2 aromatic rings. The van der Waals surface area contributed by atoms with Crippen molar-refractivity contribution in [3.63, 3.8) is 0 Å². The molecule has 0 aromatic carbocycles. The Hall–Kier alpha value is -1.95. The van der Waals surface area contributed by atoms with Crippen molar-refractivity contribution in [3.8, 4) is 0 Å². The van der Waals surface area contributed by atoms with Crippen molar-refractivity contribution in [2.24, 2.45) is 4.99 Å². The molecule has 0 bridgehead atoms. The van der Waals surface area contributed by atoms with Gasteiger partial charge in [-0.15, -0.1) is 0 Å². The summed E-state index contributed by atoms with van der Waals surface area (Å²) in [7, 11) is 0. The molecule has 3 rings (SSSR count). The number of nitrogens with one attached hydrogen (secondary N) is 1. The third-order valence-corrected chi connectivity index (χ3v) is 4.75. The van der Waals surface area contributed by atoms with Crippen LogP contribution in [0.2, 0.25) is 0 Å². The summed E-state index contributed by atoms with van der Waals surface area (Å²) >= 11 is 3.54. The average Bonchev–Trinajstić information content (AvgIpc) is 2.96. The largest absolute Gasteiger partial charge is 0.339 e. The van der Waals surface area contributed by atoms with E-state index in [-0.39, 0.29) is 0 Å². The van der Waals surface area contributed by atoms with Gasteiger partial charge >= 0.3 is 0 Å². The van der Waals surface area contributed by atoms with Crippen LogP contribution in [0.4, 0.5) is 5.82 Å². The van der Waals surface area contributed by atoms with E-state index in [4.69, 9.17) is 4.98 Å². The van der Waals surface area contributed by atoms with Crippen LogP contribution in [0.15, 0.2) is 46.3 Å². The molecule has 0 spiro atoms. The predicted octanol–water partition coefficient (Wildman–Crippen LogP) is 4.68. The lowest BCUT2D eigenvalue weighted by atomic mass is 9.87. The molecular formula is C17H20BrN5. The number of anilines is 1. The zero-order valence-corrected chi connectivity index (χ0v) is 14.6. The first kappa shape index (κ1) is 15.9. The summed E-state index contributed by atoms with van der Waals surface area (Å²) in [4.78, 5) is 8.63. The molecule has 0 radical (unpaired) electrons. The minimum Gasteiger partial charge on any atom is -0.339 e. The van der Waals surface area contributed by atoms with E-state index in [1.54, 1.807) is 23.0 Å². The van der Waals surface area contributed by atoms with Gasteiger partial charge in [-0.2, -0.15) is 9.61 Å². The lowest BCUT2D eigenvalue weighted by Crippen LogP contribution is -2.11. The van der Waals surface area contributed by atoms with Crippen LogP contribution in [0.1, 0.15) is 43.7 Å². The van der Waals surface area contributed by atoms with Crippen molar-refractivity contribution >= 4 is 34.1 Å². The molecule has 1 aliphatic carbocycles. The van der Waals surface area contributed by atoms with Crippen LogP contribution in [0.25, 0.3) is 5.65 Å². The Morgan fingerprint density at radius 3 is 2.87 bits per heavy atom. The number of fused-ring (bicyclic) bond motifs is 1. The Kier molecular flexibility index (Phi) is 4.91. The molecule has 6 heteroatoms. The fourth-order valence-electron chi connectivity index (χ4n) is 3.03. The first-order valence-corrected chi connectivity index (χ1v) is 8.62. The van der Waals surface area contributed by atoms with E-state index in [0.717, 1.165) is 27.3 Å². The number of aliphatic imine (C=N–C) groups is 1. The second-order valence-corrected chi connectivity index (χ2v) is 6.58. The first-order chi connectivity index (χ1) is 11.2. The van der Waals surface area contributed by atoms with Crippen LogP contribution < -0.4 is 5.32 Å². The standard InChI is InChI=1S/C17H20BrN5/c1-3-13(10-19-2)21-16-9-15(12-7-5-4-6-8-12)22-17-14(18)11-20-23(16)17/h3,9-12,21H,1-2,4-8H2/b13-10+. The van der Waals surface area contributed by atoms with E-state index in [2.05, 4.69) is 50.7 Å². The molecule has 1 N–H and O–H groups in total. The Morgan fingerprint density at radius 2 is 2.17 bits per heavy atom. The van der Waals surface area contributed by atoms with Crippen molar-refractivity contribution in [1.29, 1.82) is 0 Å². The second-order valence-electron chi connectivity index (χ2n) is 5.73. The van der Waals surface area contributed by atoms with Gasteiger partial charge in [-0.05, 0) is 41.6 Å². The van der Waals surface area contributed by atoms with Crippen LogP contribution >= 0.6 is 15.9 Å². The molecule has 1 saturated carbocycles. The molecule has 0 amide bonds. The fraction of sp³-hybridized carbons (Fsp3) is 0.353. The molecule has 0 aliphatic heterocycles. The molecule has 120 valence electrons. The summed E-state index contributed by atoms with van der Waals surface area (Å²) in [6.45, 7) is 7.29. The smallest absolute Gasteiger partial charge is 0.171 e. The monoisotopic (exact) mass is 373 g/mol. The maximum Gasteiger partial charge on any atom is 0.171 e. The normalized spacial score (nSPS) is 16.5. The van der Waals surface area contributed by atoms with E-state index in [1.807, 2.05) is 0 Å². The molecule has 0 unspecified atom stereocenters. The van der Waals surface area contributed by atoms with Crippen LogP contribution in [-0.2, 0) is 0 Å². The van der Waals surface area contributed by atoms with Gasteiger partial charge in [-0.1, -0.05) is 25.8 Å². The number of rotatable bonds is 5. The molecule has 0 atom stereocenters. The van der Waals surface area contributed by atoms with Gasteiger partial charge in [-0.25, -0.2) is 4.98 Å². The highest BCUT2D eigenvalue weighted by Crippen LogP contribution is 2.34. The van der Waals surface area contributed by atoms with Crippen LogP contribution in [-0.4, -0.2) is 21.3 Å². The SMILES string of the molecule is C=C/C(=C\N=C)Nc1cc(C2CCCCC2)nc2c(Br)cnn12. The van der Waals surface area contributed by atoms with Gasteiger partial charge in [0.2, 0.25) is 0 Å². The Morgan fingerprint density at radius 1 is 1.39 bits per heavy atom. The first-order valence-electron chi connectivity index (χ1n) is 7.82. The van der Waals surface area contributed by atoms with Crippen molar-refractivity contribution in [2.45, 2.75) is 38.0 Å². The minimum atomic E-state index is 0.518. The van der Waals surface area contributed by atoms with Crippen LogP contribution in [0.5, 0.6) is 0 Å². The van der Waals surface area contributed by atoms with E-state index in [1.165, 1.54) is 32.1 Å². The van der Waals surface area contributed by atoms with Gasteiger partial charge in [0.05, 0.1) is 16.4 Å². The summed E-state index contributed by atoms with van der Waals surface area (Å²) in [6.07, 6.45) is 11.4. The zero-order valence-electron chi connectivity index (χ0n) is 13.0. The summed E-state index contributed by atoms with van der Waals surface area (Å²) < 4.78 is 2.68. The fourth-order valence-corrected chi connectivity index (χ4v) is 3.38. The Labute approximate surface area is 144 Å². The summed E-state index contributed by atoms with van der Waals surface area (Å²) in [5.41, 5.74) is 2.72. The van der Waals surface area contributed by atoms with Gasteiger partial charge in [-0.3, -0.25) is 4.99 Å². The van der Waals surface area contributed by atoms with E-state index in [9.17, 15) is 0 Å². The third-order valence-electron chi connectivity index (χ3n) is 4.19. The average molecular weight is 374 g/mol. The molecule has 1 fully saturated rings. The van der Waals surface area contributed by atoms with E-state index in [0.29, 0.717) is 5.92 Å². The van der Waals surface area contributed by atoms with E-state index < -0.39 is 0 Å². The maximum atomic E-state index is 4.83. The zero-order chi connectivity index (χ0) is 16.2. The number of halogens is 1.